The van der Waals surface area contributed by atoms with Crippen LogP contribution in [0.3, 0.4) is 0 Å². The van der Waals surface area contributed by atoms with Crippen LogP contribution in [0, 0.1) is 0 Å². The Balaban J connectivity index is 1.65. The largest absolute Gasteiger partial charge is 0.494 e. The fraction of sp³-hybridized carbons (Fsp3) is 0.556. The van der Waals surface area contributed by atoms with Gasteiger partial charge in [0, 0.05) is 5.69 Å². The van der Waals surface area contributed by atoms with Crippen molar-refractivity contribution in [1.82, 2.24) is 10.9 Å². The lowest BCUT2D eigenvalue weighted by Gasteiger charge is -2.32. The molecule has 1 aromatic rings. The highest BCUT2D eigenvalue weighted by Gasteiger charge is 2.25. The van der Waals surface area contributed by atoms with Crippen molar-refractivity contribution in [1.29, 1.82) is 0 Å². The van der Waals surface area contributed by atoms with Gasteiger partial charge in [-0.2, -0.15) is 0 Å². The normalized spacial score (nSPS) is 22.3. The summed E-state index contributed by atoms with van der Waals surface area (Å²) in [4.78, 5) is 13.4. The molecule has 1 aromatic carbocycles. The lowest BCUT2D eigenvalue weighted by molar-refractivity contribution is -0.914. The number of quaternary nitrogens is 1. The molecule has 1 saturated heterocycles. The summed E-state index contributed by atoms with van der Waals surface area (Å²) in [5, 5.41) is 3.35. The summed E-state index contributed by atoms with van der Waals surface area (Å²) in [7, 11) is 0. The van der Waals surface area contributed by atoms with Crippen molar-refractivity contribution >= 4 is 28.9 Å². The van der Waals surface area contributed by atoms with E-state index in [0.717, 1.165) is 31.1 Å². The van der Waals surface area contributed by atoms with Crippen molar-refractivity contribution in [2.24, 2.45) is 0 Å². The van der Waals surface area contributed by atoms with Crippen molar-refractivity contribution in [2.75, 3.05) is 31.6 Å². The van der Waals surface area contributed by atoms with Crippen LogP contribution in [0.4, 0.5) is 5.69 Å². The Bertz CT molecular complexity index is 587. The molecule has 144 valence electrons. The lowest BCUT2D eigenvalue weighted by Crippen LogP contribution is -3.15. The number of carbonyl (C=O) groups is 1. The first-order valence-corrected chi connectivity index (χ1v) is 9.44. The van der Waals surface area contributed by atoms with Gasteiger partial charge < -0.3 is 19.7 Å². The summed E-state index contributed by atoms with van der Waals surface area (Å²) < 4.78 is 11.1. The maximum Gasteiger partial charge on any atom is 0.244 e. The molecule has 0 saturated carbocycles. The molecule has 1 heterocycles. The van der Waals surface area contributed by atoms with Gasteiger partial charge in [0.25, 0.3) is 0 Å². The number of rotatable bonds is 6. The Morgan fingerprint density at radius 1 is 1.23 bits per heavy atom. The highest BCUT2D eigenvalue weighted by Crippen LogP contribution is 2.15. The molecule has 2 rings (SSSR count). The van der Waals surface area contributed by atoms with Gasteiger partial charge in [-0.3, -0.25) is 15.6 Å². The number of thiocarbonyl (C=S) groups is 1. The molecule has 7 nitrogen and oxygen atoms in total. The van der Waals surface area contributed by atoms with Crippen molar-refractivity contribution in [3.05, 3.63) is 24.3 Å². The first kappa shape index (κ1) is 20.4. The summed E-state index contributed by atoms with van der Waals surface area (Å²) in [5.74, 6) is 0.722. The van der Waals surface area contributed by atoms with Gasteiger partial charge in [-0.05, 0) is 57.3 Å². The Morgan fingerprint density at radius 2 is 1.88 bits per heavy atom. The Labute approximate surface area is 160 Å². The van der Waals surface area contributed by atoms with Crippen LogP contribution >= 0.6 is 12.2 Å². The molecule has 26 heavy (non-hydrogen) atoms. The predicted octanol–water partition coefficient (Wildman–Crippen LogP) is 0.485. The lowest BCUT2D eigenvalue weighted by atomic mass is 10.2. The van der Waals surface area contributed by atoms with E-state index in [9.17, 15) is 4.79 Å². The summed E-state index contributed by atoms with van der Waals surface area (Å²) in [6, 6.07) is 7.45. The van der Waals surface area contributed by atoms with E-state index >= 15 is 0 Å². The van der Waals surface area contributed by atoms with E-state index in [2.05, 4.69) is 30.0 Å². The first-order valence-electron chi connectivity index (χ1n) is 9.04. The van der Waals surface area contributed by atoms with Crippen LogP contribution in [0.25, 0.3) is 0 Å². The second-order valence-electron chi connectivity index (χ2n) is 6.50. The topological polar surface area (TPSA) is 76.1 Å². The summed E-state index contributed by atoms with van der Waals surface area (Å²) in [6.45, 7) is 9.36. The quantitative estimate of drug-likeness (QED) is 0.424. The monoisotopic (exact) mass is 381 g/mol. The molecule has 0 aromatic heterocycles. The highest BCUT2D eigenvalue weighted by molar-refractivity contribution is 7.80. The van der Waals surface area contributed by atoms with Gasteiger partial charge in [0.2, 0.25) is 5.91 Å². The number of morpholine rings is 1. The molecule has 0 unspecified atom stereocenters. The molecule has 2 atom stereocenters. The van der Waals surface area contributed by atoms with Gasteiger partial charge in [-0.25, -0.2) is 0 Å². The van der Waals surface area contributed by atoms with Crippen LogP contribution in [-0.2, 0) is 9.53 Å². The van der Waals surface area contributed by atoms with E-state index in [-0.39, 0.29) is 18.1 Å². The average Bonchev–Trinajstić information content (AvgIpc) is 2.59. The number of anilines is 1. The fourth-order valence-corrected chi connectivity index (χ4v) is 3.20. The minimum absolute atomic E-state index is 0.0832. The summed E-state index contributed by atoms with van der Waals surface area (Å²) in [5.41, 5.74) is 6.19. The summed E-state index contributed by atoms with van der Waals surface area (Å²) >= 11 is 5.19. The standard InChI is InChI=1S/C18H28N4O3S/c1-4-24-16-7-5-15(6-8-16)19-18(26)21-20-17(23)9-10-22-11-13(2)25-14(3)12-22/h5-8,13-14H,4,9-12H2,1-3H3,(H,20,23)(H2,19,21,26)/p+1/t13-,14-/m0/s1. The van der Waals surface area contributed by atoms with Crippen LogP contribution in [0.2, 0.25) is 0 Å². The molecule has 1 amide bonds. The average molecular weight is 382 g/mol. The number of hydrazine groups is 1. The van der Waals surface area contributed by atoms with E-state index in [1.807, 2.05) is 31.2 Å². The van der Waals surface area contributed by atoms with Crippen LogP contribution in [0.5, 0.6) is 5.75 Å². The third-order valence-corrected chi connectivity index (χ3v) is 4.27. The van der Waals surface area contributed by atoms with Gasteiger partial charge in [0.1, 0.15) is 31.0 Å². The van der Waals surface area contributed by atoms with Gasteiger partial charge in [0.15, 0.2) is 5.11 Å². The molecule has 0 aliphatic carbocycles. The predicted molar refractivity (Wildman–Crippen MR) is 105 cm³/mol. The summed E-state index contributed by atoms with van der Waals surface area (Å²) in [6.07, 6.45) is 0.912. The molecular formula is C18H29N4O3S+. The number of benzene rings is 1. The number of nitrogens with one attached hydrogen (secondary N) is 4. The smallest absolute Gasteiger partial charge is 0.244 e. The Morgan fingerprint density at radius 3 is 2.50 bits per heavy atom. The van der Waals surface area contributed by atoms with Gasteiger partial charge in [-0.1, -0.05) is 0 Å². The molecule has 8 heteroatoms. The number of ether oxygens (including phenoxy) is 2. The van der Waals surface area contributed by atoms with E-state index in [1.165, 1.54) is 4.90 Å². The van der Waals surface area contributed by atoms with Gasteiger partial charge in [0.05, 0.1) is 19.6 Å². The highest BCUT2D eigenvalue weighted by atomic mass is 32.1. The minimum Gasteiger partial charge on any atom is -0.494 e. The number of carbonyl (C=O) groups excluding carboxylic acids is 1. The van der Waals surface area contributed by atoms with E-state index in [1.54, 1.807) is 0 Å². The molecule has 4 N–H and O–H groups in total. The molecule has 0 spiro atoms. The van der Waals surface area contributed by atoms with Crippen LogP contribution < -0.4 is 25.8 Å². The molecule has 1 fully saturated rings. The fourth-order valence-electron chi connectivity index (χ4n) is 3.04. The second-order valence-corrected chi connectivity index (χ2v) is 6.91. The van der Waals surface area contributed by atoms with Crippen LogP contribution in [0.15, 0.2) is 24.3 Å². The molecule has 0 radical (unpaired) electrons. The zero-order valence-electron chi connectivity index (χ0n) is 15.6. The zero-order chi connectivity index (χ0) is 18.9. The SMILES string of the molecule is CCOc1ccc(NC(=S)NNC(=O)CC[NH+]2C[C@H](C)O[C@@H](C)C2)cc1. The third kappa shape index (κ3) is 7.15. The van der Waals surface area contributed by atoms with Crippen LogP contribution in [-0.4, -0.2) is 49.5 Å². The first-order chi connectivity index (χ1) is 12.5. The number of hydrogen-bond donors (Lipinski definition) is 4. The van der Waals surface area contributed by atoms with Crippen molar-refractivity contribution < 1.29 is 19.2 Å². The molecule has 0 bridgehead atoms. The van der Waals surface area contributed by atoms with Crippen molar-refractivity contribution in [3.8, 4) is 5.75 Å². The van der Waals surface area contributed by atoms with E-state index in [0.29, 0.717) is 18.1 Å². The third-order valence-electron chi connectivity index (χ3n) is 4.06. The van der Waals surface area contributed by atoms with Gasteiger partial charge in [-0.15, -0.1) is 0 Å². The van der Waals surface area contributed by atoms with E-state index < -0.39 is 0 Å². The van der Waals surface area contributed by atoms with Crippen molar-refractivity contribution in [2.45, 2.75) is 39.4 Å². The van der Waals surface area contributed by atoms with E-state index in [4.69, 9.17) is 21.7 Å². The van der Waals surface area contributed by atoms with Crippen molar-refractivity contribution in [3.63, 3.8) is 0 Å². The minimum atomic E-state index is -0.0832. The molecule has 1 aliphatic rings. The number of amides is 1. The maximum absolute atomic E-state index is 12.0. The second kappa shape index (κ2) is 10.3. The molecule has 1 aliphatic heterocycles. The Kier molecular flexibility index (Phi) is 8.08. The zero-order valence-corrected chi connectivity index (χ0v) is 16.4. The maximum atomic E-state index is 12.0. The van der Waals surface area contributed by atoms with Crippen LogP contribution in [0.1, 0.15) is 27.2 Å². The Hall–Kier alpha value is -1.90. The number of hydrogen-bond acceptors (Lipinski definition) is 4. The molecular weight excluding hydrogens is 352 g/mol. The van der Waals surface area contributed by atoms with Gasteiger partial charge >= 0.3 is 0 Å².